The minimum Gasteiger partial charge on any atom is -0.369 e. The van der Waals surface area contributed by atoms with Crippen LogP contribution in [0.1, 0.15) is 78.6 Å². The summed E-state index contributed by atoms with van der Waals surface area (Å²) in [6.07, 6.45) is 19.1. The molecule has 116 valence electrons. The Labute approximate surface area is 126 Å². The van der Waals surface area contributed by atoms with Crippen LogP contribution in [0.2, 0.25) is 0 Å². The van der Waals surface area contributed by atoms with Crippen molar-refractivity contribution >= 4 is 0 Å². The molecule has 0 aromatic carbocycles. The molecule has 0 bridgehead atoms. The predicted octanol–water partition coefficient (Wildman–Crippen LogP) is 6.05. The fourth-order valence-corrected chi connectivity index (χ4v) is 2.55. The van der Waals surface area contributed by atoms with Crippen LogP contribution in [-0.4, -0.2) is 12.2 Å². The van der Waals surface area contributed by atoms with E-state index in [4.69, 9.17) is 4.74 Å². The molecular weight excluding hydrogens is 244 g/mol. The summed E-state index contributed by atoms with van der Waals surface area (Å²) >= 11 is 0. The first-order chi connectivity index (χ1) is 9.53. The third-order valence-corrected chi connectivity index (χ3v) is 3.92. The van der Waals surface area contributed by atoms with Crippen molar-refractivity contribution < 1.29 is 4.74 Å². The molecular formula is C19H34O. The van der Waals surface area contributed by atoms with Crippen molar-refractivity contribution in [3.63, 3.8) is 0 Å². The molecule has 0 saturated carbocycles. The van der Waals surface area contributed by atoms with E-state index in [2.05, 4.69) is 39.5 Å². The number of unbranched alkanes of at least 4 members (excludes halogenated alkanes) is 5. The number of ether oxygens (including phenoxy) is 1. The highest BCUT2D eigenvalue weighted by Crippen LogP contribution is 2.28. The van der Waals surface area contributed by atoms with Crippen molar-refractivity contribution in [2.75, 3.05) is 0 Å². The predicted molar refractivity (Wildman–Crippen MR) is 89.0 cm³/mol. The van der Waals surface area contributed by atoms with Crippen LogP contribution < -0.4 is 0 Å². The second-order valence-corrected chi connectivity index (χ2v) is 7.31. The molecule has 1 fully saturated rings. The van der Waals surface area contributed by atoms with Crippen LogP contribution in [0.3, 0.4) is 0 Å². The topological polar surface area (TPSA) is 12.5 Å². The van der Waals surface area contributed by atoms with Gasteiger partial charge in [-0.25, -0.2) is 0 Å². The van der Waals surface area contributed by atoms with E-state index in [-0.39, 0.29) is 0 Å². The molecule has 1 rings (SSSR count). The largest absolute Gasteiger partial charge is 0.369 e. The maximum atomic E-state index is 5.53. The second kappa shape index (κ2) is 9.39. The molecule has 1 saturated heterocycles. The van der Waals surface area contributed by atoms with Gasteiger partial charge in [0.1, 0.15) is 0 Å². The lowest BCUT2D eigenvalue weighted by Gasteiger charge is -2.17. The average Bonchev–Trinajstić information content (AvgIpc) is 3.09. The summed E-state index contributed by atoms with van der Waals surface area (Å²) in [4.78, 5) is 0. The maximum Gasteiger partial charge on any atom is 0.0879 e. The van der Waals surface area contributed by atoms with Crippen LogP contribution in [-0.2, 0) is 4.74 Å². The van der Waals surface area contributed by atoms with Crippen LogP contribution in [0.15, 0.2) is 24.8 Å². The van der Waals surface area contributed by atoms with Gasteiger partial charge in [-0.05, 0) is 37.5 Å². The molecule has 20 heavy (non-hydrogen) atoms. The number of hydrogen-bond donors (Lipinski definition) is 0. The monoisotopic (exact) mass is 278 g/mol. The van der Waals surface area contributed by atoms with Gasteiger partial charge in [0.05, 0.1) is 12.2 Å². The molecule has 0 aliphatic carbocycles. The van der Waals surface area contributed by atoms with E-state index in [0.29, 0.717) is 17.6 Å². The molecule has 0 radical (unpaired) electrons. The van der Waals surface area contributed by atoms with E-state index in [1.54, 1.807) is 0 Å². The van der Waals surface area contributed by atoms with Crippen molar-refractivity contribution in [3.05, 3.63) is 24.8 Å². The summed E-state index contributed by atoms with van der Waals surface area (Å²) in [5.41, 5.74) is 0.511. The fourth-order valence-electron chi connectivity index (χ4n) is 2.55. The van der Waals surface area contributed by atoms with Gasteiger partial charge < -0.3 is 4.74 Å². The Bertz CT molecular complexity index is 285. The van der Waals surface area contributed by atoms with Crippen LogP contribution in [0.4, 0.5) is 0 Å². The Morgan fingerprint density at radius 3 is 2.25 bits per heavy atom. The normalized spacial score (nSPS) is 22.4. The van der Waals surface area contributed by atoms with Gasteiger partial charge >= 0.3 is 0 Å². The molecule has 1 heteroatoms. The Hall–Kier alpha value is -0.560. The van der Waals surface area contributed by atoms with E-state index in [1.165, 1.54) is 44.9 Å². The first-order valence-corrected chi connectivity index (χ1v) is 8.44. The third-order valence-electron chi connectivity index (χ3n) is 3.92. The van der Waals surface area contributed by atoms with Gasteiger partial charge in [0.15, 0.2) is 0 Å². The molecule has 0 amide bonds. The fraction of sp³-hybridized carbons (Fsp3) is 0.789. The highest BCUT2D eigenvalue weighted by Gasteiger charge is 2.35. The molecule has 2 unspecified atom stereocenters. The van der Waals surface area contributed by atoms with Gasteiger partial charge in [0.2, 0.25) is 0 Å². The molecule has 0 aromatic rings. The van der Waals surface area contributed by atoms with Crippen LogP contribution in [0.25, 0.3) is 0 Å². The first-order valence-electron chi connectivity index (χ1n) is 8.44. The highest BCUT2D eigenvalue weighted by atomic mass is 16.6. The van der Waals surface area contributed by atoms with E-state index >= 15 is 0 Å². The summed E-state index contributed by atoms with van der Waals surface area (Å²) in [5.74, 6) is 0. The zero-order chi connectivity index (χ0) is 14.8. The Balaban J connectivity index is 1.82. The second-order valence-electron chi connectivity index (χ2n) is 7.31. The van der Waals surface area contributed by atoms with E-state index < -0.39 is 0 Å². The molecule has 1 aliphatic heterocycles. The van der Waals surface area contributed by atoms with Gasteiger partial charge in [-0.1, -0.05) is 64.7 Å². The third kappa shape index (κ3) is 9.36. The van der Waals surface area contributed by atoms with Gasteiger partial charge in [-0.15, -0.1) is 6.58 Å². The van der Waals surface area contributed by atoms with Crippen LogP contribution in [0, 0.1) is 5.41 Å². The molecule has 1 nitrogen and oxygen atoms in total. The van der Waals surface area contributed by atoms with Crippen LogP contribution >= 0.6 is 0 Å². The Morgan fingerprint density at radius 2 is 1.55 bits per heavy atom. The minimum atomic E-state index is 0.458. The lowest BCUT2D eigenvalue weighted by atomic mass is 9.89. The van der Waals surface area contributed by atoms with Crippen molar-refractivity contribution in [3.8, 4) is 0 Å². The number of hydrogen-bond acceptors (Lipinski definition) is 1. The highest BCUT2D eigenvalue weighted by molar-refractivity contribution is 4.96. The summed E-state index contributed by atoms with van der Waals surface area (Å²) < 4.78 is 5.53. The summed E-state index contributed by atoms with van der Waals surface area (Å²) in [6, 6.07) is 0. The number of rotatable bonds is 11. The van der Waals surface area contributed by atoms with Gasteiger partial charge in [0.25, 0.3) is 0 Å². The minimum absolute atomic E-state index is 0.458. The molecule has 1 heterocycles. The standard InChI is InChI=1S/C19H34O/c1-5-14-17-18(20-17)15-12-10-8-6-7-9-11-13-16-19(2,3)4/h5,10,12,17-18H,1,6-9,11,13-16H2,2-4H3/b12-10-. The number of allylic oxidation sites excluding steroid dienone is 1. The summed E-state index contributed by atoms with van der Waals surface area (Å²) in [7, 11) is 0. The first kappa shape index (κ1) is 17.5. The average molecular weight is 278 g/mol. The SMILES string of the molecule is C=CCC1OC1C/C=C\CCCCCCCC(C)(C)C. The molecule has 0 N–H and O–H groups in total. The number of epoxide rings is 1. The van der Waals surface area contributed by atoms with E-state index in [1.807, 2.05) is 6.08 Å². The Kier molecular flexibility index (Phi) is 8.21. The van der Waals surface area contributed by atoms with Gasteiger partial charge in [-0.3, -0.25) is 0 Å². The van der Waals surface area contributed by atoms with E-state index in [0.717, 1.165) is 12.8 Å². The van der Waals surface area contributed by atoms with Crippen molar-refractivity contribution in [1.82, 2.24) is 0 Å². The smallest absolute Gasteiger partial charge is 0.0879 e. The van der Waals surface area contributed by atoms with Gasteiger partial charge in [-0.2, -0.15) is 0 Å². The summed E-state index contributed by atoms with van der Waals surface area (Å²) in [6.45, 7) is 10.7. The lowest BCUT2D eigenvalue weighted by molar-refractivity contribution is 0.356. The van der Waals surface area contributed by atoms with Gasteiger partial charge in [0, 0.05) is 0 Å². The maximum absolute atomic E-state index is 5.53. The lowest BCUT2D eigenvalue weighted by Crippen LogP contribution is -2.03. The summed E-state index contributed by atoms with van der Waals surface area (Å²) in [5, 5.41) is 0. The van der Waals surface area contributed by atoms with Crippen molar-refractivity contribution in [2.24, 2.45) is 5.41 Å². The molecule has 2 atom stereocenters. The molecule has 0 aromatic heterocycles. The molecule has 1 aliphatic rings. The van der Waals surface area contributed by atoms with Crippen LogP contribution in [0.5, 0.6) is 0 Å². The quantitative estimate of drug-likeness (QED) is 0.254. The van der Waals surface area contributed by atoms with E-state index in [9.17, 15) is 0 Å². The zero-order valence-corrected chi connectivity index (χ0v) is 13.9. The van der Waals surface area contributed by atoms with Crippen molar-refractivity contribution in [2.45, 2.75) is 90.8 Å². The Morgan fingerprint density at radius 1 is 0.900 bits per heavy atom. The van der Waals surface area contributed by atoms with Crippen molar-refractivity contribution in [1.29, 1.82) is 0 Å². The molecule has 0 spiro atoms. The zero-order valence-electron chi connectivity index (χ0n) is 13.9.